The fourth-order valence-electron chi connectivity index (χ4n) is 2.55. The second kappa shape index (κ2) is 7.34. The Morgan fingerprint density at radius 1 is 1.15 bits per heavy atom. The first-order chi connectivity index (χ1) is 13.1. The SMILES string of the molecule is Cc1ccc(-c2csc3nc(NC(=O)/C=C/c4ccc(Cl)cc4)nn23)cc1. The molecule has 0 bridgehead atoms. The van der Waals surface area contributed by atoms with Gasteiger partial charge in [0.2, 0.25) is 4.96 Å². The highest BCUT2D eigenvalue weighted by Gasteiger charge is 2.12. The van der Waals surface area contributed by atoms with Gasteiger partial charge in [0.05, 0.1) is 5.69 Å². The molecular formula is C20H15ClN4OS. The van der Waals surface area contributed by atoms with Gasteiger partial charge in [0.1, 0.15) is 0 Å². The molecule has 5 nitrogen and oxygen atoms in total. The molecule has 0 radical (unpaired) electrons. The lowest BCUT2D eigenvalue weighted by atomic mass is 10.1. The average molecular weight is 395 g/mol. The smallest absolute Gasteiger partial charge is 0.250 e. The molecule has 0 aliphatic carbocycles. The molecule has 0 fully saturated rings. The van der Waals surface area contributed by atoms with Gasteiger partial charge in [0.15, 0.2) is 0 Å². The zero-order valence-corrected chi connectivity index (χ0v) is 16.0. The molecule has 4 aromatic rings. The van der Waals surface area contributed by atoms with Crippen LogP contribution in [0.4, 0.5) is 5.95 Å². The number of benzene rings is 2. The highest BCUT2D eigenvalue weighted by Crippen LogP contribution is 2.26. The Bertz CT molecular complexity index is 1130. The average Bonchev–Trinajstić information content (AvgIpc) is 3.22. The van der Waals surface area contributed by atoms with E-state index in [0.29, 0.717) is 5.02 Å². The first-order valence-corrected chi connectivity index (χ1v) is 9.50. The van der Waals surface area contributed by atoms with E-state index in [9.17, 15) is 4.79 Å². The van der Waals surface area contributed by atoms with Crippen molar-refractivity contribution in [3.8, 4) is 11.3 Å². The number of aryl methyl sites for hydroxylation is 1. The van der Waals surface area contributed by atoms with Gasteiger partial charge in [-0.2, -0.15) is 4.98 Å². The lowest BCUT2D eigenvalue weighted by molar-refractivity contribution is -0.111. The quantitative estimate of drug-likeness (QED) is 0.491. The number of nitrogens with zero attached hydrogens (tertiary/aromatic N) is 3. The lowest BCUT2D eigenvalue weighted by Gasteiger charge is -1.99. The maximum absolute atomic E-state index is 12.1. The van der Waals surface area contributed by atoms with Crippen LogP contribution in [-0.2, 0) is 4.79 Å². The second-order valence-electron chi connectivity index (χ2n) is 5.99. The van der Waals surface area contributed by atoms with Crippen LogP contribution in [0.5, 0.6) is 0 Å². The number of carbonyl (C=O) groups excluding carboxylic acids is 1. The molecule has 2 aromatic carbocycles. The van der Waals surface area contributed by atoms with Crippen molar-refractivity contribution in [2.75, 3.05) is 5.32 Å². The Morgan fingerprint density at radius 3 is 2.63 bits per heavy atom. The number of rotatable bonds is 4. The van der Waals surface area contributed by atoms with E-state index < -0.39 is 0 Å². The van der Waals surface area contributed by atoms with Crippen LogP contribution in [0.25, 0.3) is 22.3 Å². The predicted octanol–water partition coefficient (Wildman–Crippen LogP) is 5.07. The summed E-state index contributed by atoms with van der Waals surface area (Å²) < 4.78 is 1.74. The molecule has 2 heterocycles. The highest BCUT2D eigenvalue weighted by atomic mass is 35.5. The van der Waals surface area contributed by atoms with Crippen molar-refractivity contribution in [2.24, 2.45) is 0 Å². The fraction of sp³-hybridized carbons (Fsp3) is 0.0500. The Kier molecular flexibility index (Phi) is 4.75. The number of amides is 1. The van der Waals surface area contributed by atoms with Crippen LogP contribution in [-0.4, -0.2) is 20.5 Å². The maximum atomic E-state index is 12.1. The molecule has 0 unspecified atom stereocenters. The molecule has 0 atom stereocenters. The zero-order chi connectivity index (χ0) is 18.8. The summed E-state index contributed by atoms with van der Waals surface area (Å²) in [5.41, 5.74) is 4.08. The van der Waals surface area contributed by atoms with Crippen LogP contribution in [0, 0.1) is 6.92 Å². The Morgan fingerprint density at radius 2 is 1.89 bits per heavy atom. The van der Waals surface area contributed by atoms with Crippen molar-refractivity contribution in [2.45, 2.75) is 6.92 Å². The van der Waals surface area contributed by atoms with Crippen LogP contribution >= 0.6 is 22.9 Å². The van der Waals surface area contributed by atoms with Gasteiger partial charge in [-0.3, -0.25) is 10.1 Å². The minimum absolute atomic E-state index is 0.279. The molecule has 2 aromatic heterocycles. The maximum Gasteiger partial charge on any atom is 0.250 e. The second-order valence-corrected chi connectivity index (χ2v) is 7.26. The number of hydrogen-bond acceptors (Lipinski definition) is 4. The van der Waals surface area contributed by atoms with Gasteiger partial charge in [0.25, 0.3) is 11.9 Å². The fourth-order valence-corrected chi connectivity index (χ4v) is 3.51. The number of halogens is 1. The molecule has 1 amide bonds. The van der Waals surface area contributed by atoms with Crippen LogP contribution in [0.1, 0.15) is 11.1 Å². The number of hydrogen-bond donors (Lipinski definition) is 1. The summed E-state index contributed by atoms with van der Waals surface area (Å²) in [6.45, 7) is 2.05. The number of fused-ring (bicyclic) bond motifs is 1. The summed E-state index contributed by atoms with van der Waals surface area (Å²) in [7, 11) is 0. The summed E-state index contributed by atoms with van der Waals surface area (Å²) >= 11 is 7.33. The Hall–Kier alpha value is -2.96. The van der Waals surface area contributed by atoms with Crippen molar-refractivity contribution in [1.82, 2.24) is 14.6 Å². The number of anilines is 1. The summed E-state index contributed by atoms with van der Waals surface area (Å²) in [4.78, 5) is 17.2. The van der Waals surface area contributed by atoms with E-state index in [1.54, 1.807) is 22.7 Å². The normalized spacial score (nSPS) is 11.3. The van der Waals surface area contributed by atoms with E-state index in [4.69, 9.17) is 11.6 Å². The molecule has 27 heavy (non-hydrogen) atoms. The first-order valence-electron chi connectivity index (χ1n) is 8.24. The third-order valence-electron chi connectivity index (χ3n) is 3.96. The van der Waals surface area contributed by atoms with E-state index in [1.165, 1.54) is 23.0 Å². The van der Waals surface area contributed by atoms with Gasteiger partial charge in [-0.1, -0.05) is 53.6 Å². The molecule has 0 saturated carbocycles. The molecular weight excluding hydrogens is 380 g/mol. The predicted molar refractivity (Wildman–Crippen MR) is 110 cm³/mol. The van der Waals surface area contributed by atoms with Gasteiger partial charge in [-0.05, 0) is 30.7 Å². The number of carbonyl (C=O) groups is 1. The molecule has 134 valence electrons. The molecule has 7 heteroatoms. The van der Waals surface area contributed by atoms with Crippen molar-refractivity contribution >= 4 is 45.8 Å². The Balaban J connectivity index is 1.52. The first kappa shape index (κ1) is 17.5. The zero-order valence-electron chi connectivity index (χ0n) is 14.4. The van der Waals surface area contributed by atoms with Crippen LogP contribution in [0.2, 0.25) is 5.02 Å². The number of thiazole rings is 1. The summed E-state index contributed by atoms with van der Waals surface area (Å²) in [6.07, 6.45) is 3.15. The highest BCUT2D eigenvalue weighted by molar-refractivity contribution is 7.15. The van der Waals surface area contributed by atoms with Crippen molar-refractivity contribution in [1.29, 1.82) is 0 Å². The van der Waals surface area contributed by atoms with Gasteiger partial charge < -0.3 is 0 Å². The molecule has 0 aliphatic rings. The summed E-state index contributed by atoms with van der Waals surface area (Å²) in [5, 5.41) is 9.77. The third-order valence-corrected chi connectivity index (χ3v) is 5.03. The molecule has 1 N–H and O–H groups in total. The van der Waals surface area contributed by atoms with Crippen molar-refractivity contribution in [3.63, 3.8) is 0 Å². The molecule has 0 aliphatic heterocycles. The van der Waals surface area contributed by atoms with E-state index in [-0.39, 0.29) is 11.9 Å². The molecule has 4 rings (SSSR count). The van der Waals surface area contributed by atoms with Crippen LogP contribution in [0.3, 0.4) is 0 Å². The monoisotopic (exact) mass is 394 g/mol. The van der Waals surface area contributed by atoms with E-state index in [0.717, 1.165) is 21.8 Å². The molecule has 0 spiro atoms. The van der Waals surface area contributed by atoms with Crippen LogP contribution < -0.4 is 5.32 Å². The lowest BCUT2D eigenvalue weighted by Crippen LogP contribution is -2.09. The largest absolute Gasteiger partial charge is 0.290 e. The minimum Gasteiger partial charge on any atom is -0.290 e. The van der Waals surface area contributed by atoms with Crippen molar-refractivity contribution < 1.29 is 4.79 Å². The topological polar surface area (TPSA) is 59.3 Å². The van der Waals surface area contributed by atoms with Crippen molar-refractivity contribution in [3.05, 3.63) is 76.1 Å². The minimum atomic E-state index is -0.292. The third kappa shape index (κ3) is 3.92. The summed E-state index contributed by atoms with van der Waals surface area (Å²) in [6, 6.07) is 15.4. The summed E-state index contributed by atoms with van der Waals surface area (Å²) in [5.74, 6) is -0.0129. The van der Waals surface area contributed by atoms with Gasteiger partial charge >= 0.3 is 0 Å². The van der Waals surface area contributed by atoms with E-state index in [2.05, 4.69) is 27.5 Å². The van der Waals surface area contributed by atoms with E-state index >= 15 is 0 Å². The molecule has 0 saturated heterocycles. The van der Waals surface area contributed by atoms with E-state index in [1.807, 2.05) is 36.6 Å². The number of nitrogens with one attached hydrogen (secondary N) is 1. The Labute approximate surface area is 164 Å². The van der Waals surface area contributed by atoms with Gasteiger partial charge in [-0.15, -0.1) is 16.4 Å². The van der Waals surface area contributed by atoms with Crippen LogP contribution in [0.15, 0.2) is 60.0 Å². The standard InChI is InChI=1S/C20H15ClN4OS/c1-13-2-7-15(8-3-13)17-12-27-20-23-19(24-25(17)20)22-18(26)11-6-14-4-9-16(21)10-5-14/h2-12H,1H3,(H,22,24,26)/b11-6+. The van der Waals surface area contributed by atoms with Gasteiger partial charge in [-0.25, -0.2) is 4.52 Å². The number of aromatic nitrogens is 3. The van der Waals surface area contributed by atoms with Gasteiger partial charge in [0, 0.05) is 22.0 Å².